The van der Waals surface area contributed by atoms with Crippen LogP contribution in [0.1, 0.15) is 44.5 Å². The molecule has 0 atom stereocenters. The van der Waals surface area contributed by atoms with Crippen molar-refractivity contribution in [1.29, 1.82) is 0 Å². The topological polar surface area (TPSA) is 84.3 Å². The molecule has 0 unspecified atom stereocenters. The van der Waals surface area contributed by atoms with Crippen LogP contribution in [0, 0.1) is 10.1 Å². The number of anilines is 1. The summed E-state index contributed by atoms with van der Waals surface area (Å²) in [6, 6.07) is 4.50. The molecule has 1 aromatic carbocycles. The fourth-order valence-electron chi connectivity index (χ4n) is 1.71. The first kappa shape index (κ1) is 15.9. The second kappa shape index (κ2) is 6.36. The van der Waals surface area contributed by atoms with Gasteiger partial charge in [0.15, 0.2) is 0 Å². The summed E-state index contributed by atoms with van der Waals surface area (Å²) in [5, 5.41) is 16.8. The fourth-order valence-corrected chi connectivity index (χ4v) is 1.71. The minimum atomic E-state index is -0.486. The molecule has 0 aliphatic carbocycles. The Balaban J connectivity index is 3.20. The maximum absolute atomic E-state index is 12.3. The van der Waals surface area contributed by atoms with Crippen molar-refractivity contribution in [3.05, 3.63) is 33.9 Å². The van der Waals surface area contributed by atoms with Crippen LogP contribution >= 0.6 is 0 Å². The number of hydrogen-bond acceptors (Lipinski definition) is 4. The van der Waals surface area contributed by atoms with Crippen LogP contribution in [0.5, 0.6) is 0 Å². The lowest BCUT2D eigenvalue weighted by atomic mass is 10.0. The van der Waals surface area contributed by atoms with Crippen molar-refractivity contribution in [3.8, 4) is 0 Å². The summed E-state index contributed by atoms with van der Waals surface area (Å²) in [5.41, 5.74) is 0.117. The van der Waals surface area contributed by atoms with Crippen LogP contribution < -0.4 is 10.6 Å². The zero-order valence-corrected chi connectivity index (χ0v) is 12.3. The van der Waals surface area contributed by atoms with Gasteiger partial charge in [-0.3, -0.25) is 14.9 Å². The molecule has 1 aromatic rings. The third-order valence-electron chi connectivity index (χ3n) is 3.17. The van der Waals surface area contributed by atoms with Gasteiger partial charge in [-0.05, 0) is 33.3 Å². The number of nitro benzene ring substituents is 1. The van der Waals surface area contributed by atoms with Crippen molar-refractivity contribution in [2.45, 2.75) is 39.7 Å². The van der Waals surface area contributed by atoms with E-state index < -0.39 is 4.92 Å². The van der Waals surface area contributed by atoms with Gasteiger partial charge in [-0.2, -0.15) is 0 Å². The molecule has 0 aromatic heterocycles. The van der Waals surface area contributed by atoms with Gasteiger partial charge in [-0.1, -0.05) is 13.0 Å². The van der Waals surface area contributed by atoms with E-state index in [1.54, 1.807) is 6.07 Å². The van der Waals surface area contributed by atoms with Gasteiger partial charge in [-0.15, -0.1) is 0 Å². The maximum atomic E-state index is 12.3. The van der Waals surface area contributed by atoms with Crippen molar-refractivity contribution < 1.29 is 9.72 Å². The van der Waals surface area contributed by atoms with Crippen LogP contribution in [-0.4, -0.2) is 22.9 Å². The summed E-state index contributed by atoms with van der Waals surface area (Å²) >= 11 is 0. The molecule has 110 valence electrons. The third-order valence-corrected chi connectivity index (χ3v) is 3.17. The minimum Gasteiger partial charge on any atom is -0.379 e. The second-order valence-electron chi connectivity index (χ2n) is 5.18. The minimum absolute atomic E-state index is 0.0891. The van der Waals surface area contributed by atoms with E-state index in [2.05, 4.69) is 10.6 Å². The number of para-hydroxylation sites is 1. The molecule has 0 aliphatic rings. The van der Waals surface area contributed by atoms with E-state index in [1.807, 2.05) is 27.7 Å². The van der Waals surface area contributed by atoms with E-state index in [4.69, 9.17) is 0 Å². The lowest BCUT2D eigenvalue weighted by Gasteiger charge is -2.25. The summed E-state index contributed by atoms with van der Waals surface area (Å²) in [7, 11) is 0. The Hall–Kier alpha value is -2.11. The molecule has 2 N–H and O–H groups in total. The summed E-state index contributed by atoms with van der Waals surface area (Å²) in [6.45, 7) is 8.12. The predicted molar refractivity (Wildman–Crippen MR) is 79.1 cm³/mol. The maximum Gasteiger partial charge on any atom is 0.293 e. The predicted octanol–water partition coefficient (Wildman–Crippen LogP) is 2.95. The Morgan fingerprint density at radius 2 is 2.00 bits per heavy atom. The lowest BCUT2D eigenvalue weighted by Crippen LogP contribution is -2.43. The number of nitrogens with one attached hydrogen (secondary N) is 2. The molecule has 0 bridgehead atoms. The van der Waals surface area contributed by atoms with E-state index in [1.165, 1.54) is 12.1 Å². The van der Waals surface area contributed by atoms with Gasteiger partial charge in [0.25, 0.3) is 11.6 Å². The van der Waals surface area contributed by atoms with E-state index in [0.717, 1.165) is 6.42 Å². The van der Waals surface area contributed by atoms with Gasteiger partial charge in [0.2, 0.25) is 0 Å². The number of carbonyl (C=O) groups is 1. The zero-order valence-electron chi connectivity index (χ0n) is 12.3. The van der Waals surface area contributed by atoms with Gasteiger partial charge in [0, 0.05) is 18.2 Å². The quantitative estimate of drug-likeness (QED) is 0.619. The average molecular weight is 279 g/mol. The number of benzene rings is 1. The van der Waals surface area contributed by atoms with Crippen LogP contribution in [0.4, 0.5) is 11.4 Å². The molecule has 0 saturated heterocycles. The van der Waals surface area contributed by atoms with Gasteiger partial charge >= 0.3 is 0 Å². The molecule has 0 radical (unpaired) electrons. The third kappa shape index (κ3) is 3.69. The highest BCUT2D eigenvalue weighted by molar-refractivity contribution is 6.02. The molecule has 0 saturated carbocycles. The Morgan fingerprint density at radius 3 is 2.50 bits per heavy atom. The number of hydrogen-bond donors (Lipinski definition) is 2. The zero-order chi connectivity index (χ0) is 15.3. The highest BCUT2D eigenvalue weighted by Gasteiger charge is 2.24. The van der Waals surface area contributed by atoms with Crippen LogP contribution in [0.25, 0.3) is 0 Å². The van der Waals surface area contributed by atoms with Crippen molar-refractivity contribution in [2.75, 3.05) is 11.9 Å². The lowest BCUT2D eigenvalue weighted by molar-refractivity contribution is -0.384. The monoisotopic (exact) mass is 279 g/mol. The van der Waals surface area contributed by atoms with Gasteiger partial charge < -0.3 is 10.6 Å². The normalized spacial score (nSPS) is 11.0. The molecule has 6 heteroatoms. The van der Waals surface area contributed by atoms with Crippen LogP contribution in [-0.2, 0) is 0 Å². The van der Waals surface area contributed by atoms with E-state index in [-0.39, 0.29) is 22.8 Å². The molecule has 6 nitrogen and oxygen atoms in total. The Kier molecular flexibility index (Phi) is 5.07. The molecule has 1 rings (SSSR count). The second-order valence-corrected chi connectivity index (χ2v) is 5.18. The smallest absolute Gasteiger partial charge is 0.293 e. The van der Waals surface area contributed by atoms with E-state index >= 15 is 0 Å². The Morgan fingerprint density at radius 1 is 1.35 bits per heavy atom. The van der Waals surface area contributed by atoms with Gasteiger partial charge in [0.05, 0.1) is 10.5 Å². The van der Waals surface area contributed by atoms with Crippen molar-refractivity contribution in [1.82, 2.24) is 5.32 Å². The fraction of sp³-hybridized carbons (Fsp3) is 0.500. The van der Waals surface area contributed by atoms with Gasteiger partial charge in [-0.25, -0.2) is 0 Å². The highest BCUT2D eigenvalue weighted by Crippen LogP contribution is 2.28. The van der Waals surface area contributed by atoms with Gasteiger partial charge in [0.1, 0.15) is 5.69 Å². The molecular formula is C14H21N3O3. The van der Waals surface area contributed by atoms with Crippen molar-refractivity contribution >= 4 is 17.3 Å². The number of nitro groups is 1. The number of amides is 1. The SMILES string of the molecule is CCNc1c(C(=O)NC(C)(C)CC)cccc1[N+](=O)[O-]. The molecule has 1 amide bonds. The molecule has 0 spiro atoms. The Bertz CT molecular complexity index is 512. The average Bonchev–Trinajstić information content (AvgIpc) is 2.38. The number of rotatable bonds is 6. The summed E-state index contributed by atoms with van der Waals surface area (Å²) in [6.07, 6.45) is 0.768. The van der Waals surface area contributed by atoms with Crippen LogP contribution in [0.3, 0.4) is 0 Å². The molecule has 0 fully saturated rings. The van der Waals surface area contributed by atoms with E-state index in [9.17, 15) is 14.9 Å². The number of carbonyl (C=O) groups excluding carboxylic acids is 1. The number of nitrogens with zero attached hydrogens (tertiary/aromatic N) is 1. The molecule has 20 heavy (non-hydrogen) atoms. The molecule has 0 aliphatic heterocycles. The first-order chi connectivity index (χ1) is 9.32. The summed E-state index contributed by atoms with van der Waals surface area (Å²) < 4.78 is 0. The standard InChI is InChI=1S/C14H21N3O3/c1-5-14(3,4)16-13(18)10-8-7-9-11(17(19)20)12(10)15-6-2/h7-9,15H,5-6H2,1-4H3,(H,16,18). The summed E-state index contributed by atoms with van der Waals surface area (Å²) in [5.74, 6) is -0.309. The molecule has 0 heterocycles. The molecular weight excluding hydrogens is 258 g/mol. The van der Waals surface area contributed by atoms with Crippen LogP contribution in [0.15, 0.2) is 18.2 Å². The Labute approximate surface area is 118 Å². The first-order valence-electron chi connectivity index (χ1n) is 6.66. The van der Waals surface area contributed by atoms with E-state index in [0.29, 0.717) is 12.1 Å². The largest absolute Gasteiger partial charge is 0.379 e. The summed E-state index contributed by atoms with van der Waals surface area (Å²) in [4.78, 5) is 22.9. The van der Waals surface area contributed by atoms with Crippen molar-refractivity contribution in [3.63, 3.8) is 0 Å². The first-order valence-corrected chi connectivity index (χ1v) is 6.66. The highest BCUT2D eigenvalue weighted by atomic mass is 16.6. The van der Waals surface area contributed by atoms with Crippen LogP contribution in [0.2, 0.25) is 0 Å². The van der Waals surface area contributed by atoms with Crippen molar-refractivity contribution in [2.24, 2.45) is 0 Å².